The van der Waals surface area contributed by atoms with Gasteiger partial charge in [0.05, 0.1) is 30.9 Å². The lowest BCUT2D eigenvalue weighted by Gasteiger charge is -2.47. The van der Waals surface area contributed by atoms with Crippen molar-refractivity contribution in [3.05, 3.63) is 42.0 Å². The molecule has 5 nitrogen and oxygen atoms in total. The van der Waals surface area contributed by atoms with Crippen molar-refractivity contribution in [3.8, 4) is 0 Å². The zero-order valence-electron chi connectivity index (χ0n) is 16.6. The Hall–Kier alpha value is -1.69. The molecule has 2 aliphatic heterocycles. The smallest absolute Gasteiger partial charge is 0.246 e. The van der Waals surface area contributed by atoms with Crippen molar-refractivity contribution in [1.29, 1.82) is 0 Å². The molecule has 0 aromatic heterocycles. The number of rotatable bonds is 5. The summed E-state index contributed by atoms with van der Waals surface area (Å²) in [6, 6.07) is 8.71. The van der Waals surface area contributed by atoms with Gasteiger partial charge in [0.2, 0.25) is 5.91 Å². The fourth-order valence-electron chi connectivity index (χ4n) is 5.11. The number of benzene rings is 1. The van der Waals surface area contributed by atoms with Crippen LogP contribution in [0.1, 0.15) is 55.6 Å². The van der Waals surface area contributed by atoms with Crippen LogP contribution in [-0.4, -0.2) is 50.0 Å². The standard InChI is InChI=1S/C23H32N2O3/c1-2-17-6-3-4-7-20(17)18-8-10-19(11-9-18)28-14-21-23(12-5-13-24-21)16-27-15-22(26)25-23/h2-4,6-7,18-19,21,24H,1,5,8-16H2,(H,25,26). The molecule has 5 heteroatoms. The van der Waals surface area contributed by atoms with Crippen LogP contribution in [0.3, 0.4) is 0 Å². The molecule has 3 fully saturated rings. The molecule has 0 radical (unpaired) electrons. The van der Waals surface area contributed by atoms with E-state index >= 15 is 0 Å². The first-order valence-electron chi connectivity index (χ1n) is 10.7. The molecule has 2 saturated heterocycles. The van der Waals surface area contributed by atoms with Crippen LogP contribution in [0.25, 0.3) is 6.08 Å². The van der Waals surface area contributed by atoms with Crippen molar-refractivity contribution < 1.29 is 14.3 Å². The topological polar surface area (TPSA) is 59.6 Å². The SMILES string of the molecule is C=Cc1ccccc1C1CCC(OCC2NCCCC23COCC(=O)N3)CC1. The average molecular weight is 385 g/mol. The van der Waals surface area contributed by atoms with Crippen LogP contribution in [0.4, 0.5) is 0 Å². The molecule has 3 aliphatic rings. The molecule has 1 amide bonds. The Morgan fingerprint density at radius 3 is 2.86 bits per heavy atom. The van der Waals surface area contributed by atoms with Crippen molar-refractivity contribution in [3.63, 3.8) is 0 Å². The molecular weight excluding hydrogens is 352 g/mol. The van der Waals surface area contributed by atoms with E-state index in [1.807, 2.05) is 6.08 Å². The number of ether oxygens (including phenoxy) is 2. The first kappa shape index (κ1) is 19.6. The van der Waals surface area contributed by atoms with Crippen LogP contribution in [0.15, 0.2) is 30.8 Å². The summed E-state index contributed by atoms with van der Waals surface area (Å²) in [5, 5.41) is 6.75. The fraction of sp³-hybridized carbons (Fsp3) is 0.609. The van der Waals surface area contributed by atoms with E-state index in [1.165, 1.54) is 11.1 Å². The molecule has 1 aliphatic carbocycles. The molecule has 2 atom stereocenters. The normalized spacial score (nSPS) is 33.4. The highest BCUT2D eigenvalue weighted by atomic mass is 16.5. The minimum Gasteiger partial charge on any atom is -0.377 e. The maximum atomic E-state index is 11.9. The predicted octanol–water partition coefficient (Wildman–Crippen LogP) is 3.01. The van der Waals surface area contributed by atoms with Gasteiger partial charge in [0.1, 0.15) is 6.61 Å². The third-order valence-corrected chi connectivity index (χ3v) is 6.67. The first-order valence-corrected chi connectivity index (χ1v) is 10.7. The van der Waals surface area contributed by atoms with Gasteiger partial charge in [0.15, 0.2) is 0 Å². The molecule has 2 heterocycles. The summed E-state index contributed by atoms with van der Waals surface area (Å²) in [6.07, 6.45) is 8.73. The van der Waals surface area contributed by atoms with Crippen LogP contribution in [0, 0.1) is 0 Å². The second-order valence-corrected chi connectivity index (χ2v) is 8.45. The Bertz CT molecular complexity index is 695. The van der Waals surface area contributed by atoms with E-state index in [2.05, 4.69) is 41.5 Å². The number of nitrogens with one attached hydrogen (secondary N) is 2. The van der Waals surface area contributed by atoms with E-state index < -0.39 is 0 Å². The molecule has 2 N–H and O–H groups in total. The lowest BCUT2D eigenvalue weighted by molar-refractivity contribution is -0.139. The third kappa shape index (κ3) is 4.17. The first-order chi connectivity index (χ1) is 13.7. The molecular formula is C23H32N2O3. The molecule has 28 heavy (non-hydrogen) atoms. The van der Waals surface area contributed by atoms with Gasteiger partial charge in [-0.2, -0.15) is 0 Å². The predicted molar refractivity (Wildman–Crippen MR) is 110 cm³/mol. The number of morpholine rings is 1. The Morgan fingerprint density at radius 1 is 1.25 bits per heavy atom. The molecule has 4 rings (SSSR count). The van der Waals surface area contributed by atoms with Crippen molar-refractivity contribution in [2.24, 2.45) is 0 Å². The summed E-state index contributed by atoms with van der Waals surface area (Å²) < 4.78 is 11.9. The van der Waals surface area contributed by atoms with Gasteiger partial charge in [-0.15, -0.1) is 0 Å². The number of amides is 1. The van der Waals surface area contributed by atoms with Crippen LogP contribution in [0.5, 0.6) is 0 Å². The van der Waals surface area contributed by atoms with Gasteiger partial charge in [-0.1, -0.05) is 36.9 Å². The van der Waals surface area contributed by atoms with Crippen molar-refractivity contribution in [2.45, 2.75) is 62.1 Å². The minimum absolute atomic E-state index is 0.0126. The van der Waals surface area contributed by atoms with Gasteiger partial charge >= 0.3 is 0 Å². The highest BCUT2D eigenvalue weighted by Crippen LogP contribution is 2.36. The fourth-order valence-corrected chi connectivity index (χ4v) is 5.11. The molecule has 0 bridgehead atoms. The summed E-state index contributed by atoms with van der Waals surface area (Å²) in [7, 11) is 0. The Labute approximate surface area is 167 Å². The second kappa shape index (κ2) is 8.76. The van der Waals surface area contributed by atoms with Crippen molar-refractivity contribution in [2.75, 3.05) is 26.4 Å². The zero-order valence-corrected chi connectivity index (χ0v) is 16.6. The number of hydrogen-bond donors (Lipinski definition) is 2. The molecule has 2 unspecified atom stereocenters. The van der Waals surface area contributed by atoms with E-state index in [0.717, 1.165) is 45.1 Å². The van der Waals surface area contributed by atoms with E-state index in [9.17, 15) is 4.79 Å². The van der Waals surface area contributed by atoms with Gasteiger partial charge in [0, 0.05) is 0 Å². The highest BCUT2D eigenvalue weighted by Gasteiger charge is 2.44. The molecule has 1 saturated carbocycles. The Balaban J connectivity index is 1.31. The third-order valence-electron chi connectivity index (χ3n) is 6.67. The van der Waals surface area contributed by atoms with Crippen LogP contribution in [0.2, 0.25) is 0 Å². The summed E-state index contributed by atoms with van der Waals surface area (Å²) in [5.41, 5.74) is 2.37. The van der Waals surface area contributed by atoms with E-state index in [0.29, 0.717) is 25.2 Å². The van der Waals surface area contributed by atoms with Crippen LogP contribution >= 0.6 is 0 Å². The van der Waals surface area contributed by atoms with Crippen LogP contribution < -0.4 is 10.6 Å². The maximum Gasteiger partial charge on any atom is 0.246 e. The molecule has 1 spiro atoms. The number of hydrogen-bond acceptors (Lipinski definition) is 4. The summed E-state index contributed by atoms with van der Waals surface area (Å²) >= 11 is 0. The Kier molecular flexibility index (Phi) is 6.14. The maximum absolute atomic E-state index is 11.9. The molecule has 152 valence electrons. The quantitative estimate of drug-likeness (QED) is 0.819. The minimum atomic E-state index is -0.312. The van der Waals surface area contributed by atoms with Gasteiger partial charge in [-0.05, 0) is 62.1 Å². The van der Waals surface area contributed by atoms with E-state index in [-0.39, 0.29) is 24.1 Å². The van der Waals surface area contributed by atoms with Gasteiger partial charge in [0.25, 0.3) is 0 Å². The van der Waals surface area contributed by atoms with Crippen LogP contribution in [-0.2, 0) is 14.3 Å². The number of carbonyl (C=O) groups excluding carboxylic acids is 1. The lowest BCUT2D eigenvalue weighted by Crippen LogP contribution is -2.70. The van der Waals surface area contributed by atoms with Crippen molar-refractivity contribution in [1.82, 2.24) is 10.6 Å². The molecule has 1 aromatic rings. The highest BCUT2D eigenvalue weighted by molar-refractivity contribution is 5.79. The molecule has 1 aromatic carbocycles. The van der Waals surface area contributed by atoms with E-state index in [1.54, 1.807) is 0 Å². The van der Waals surface area contributed by atoms with Crippen molar-refractivity contribution >= 4 is 12.0 Å². The summed E-state index contributed by atoms with van der Waals surface area (Å²) in [6.45, 7) is 6.30. The largest absolute Gasteiger partial charge is 0.377 e. The average Bonchev–Trinajstić information content (AvgIpc) is 2.73. The summed E-state index contributed by atoms with van der Waals surface area (Å²) in [4.78, 5) is 11.9. The second-order valence-electron chi connectivity index (χ2n) is 8.45. The van der Waals surface area contributed by atoms with Gasteiger partial charge < -0.3 is 20.1 Å². The van der Waals surface area contributed by atoms with Gasteiger partial charge in [-0.3, -0.25) is 4.79 Å². The zero-order chi connectivity index (χ0) is 19.4. The van der Waals surface area contributed by atoms with Gasteiger partial charge in [-0.25, -0.2) is 0 Å². The van der Waals surface area contributed by atoms with E-state index in [4.69, 9.17) is 9.47 Å². The number of carbonyl (C=O) groups is 1. The number of piperidine rings is 1. The monoisotopic (exact) mass is 384 g/mol. The summed E-state index contributed by atoms with van der Waals surface area (Å²) in [5.74, 6) is 0.584. The Morgan fingerprint density at radius 2 is 2.07 bits per heavy atom. The lowest BCUT2D eigenvalue weighted by atomic mass is 9.80.